The van der Waals surface area contributed by atoms with E-state index in [-0.39, 0.29) is 43.8 Å². The summed E-state index contributed by atoms with van der Waals surface area (Å²) in [6, 6.07) is 9.66. The number of rotatable bonds is 6. The molecule has 0 radical (unpaired) electrons. The van der Waals surface area contributed by atoms with Crippen molar-refractivity contribution in [2.24, 2.45) is 0 Å². The Morgan fingerprint density at radius 3 is 1.22 bits per heavy atom. The van der Waals surface area contributed by atoms with E-state index < -0.39 is 24.0 Å². The minimum Gasteiger partial charge on any atom is -0.670 e. The molecule has 8 nitrogen and oxygen atoms in total. The van der Waals surface area contributed by atoms with Gasteiger partial charge in [-0.3, -0.25) is 0 Å². The van der Waals surface area contributed by atoms with Crippen LogP contribution in [-0.4, -0.2) is 34.2 Å². The normalized spacial score (nSPS) is 11.9. The van der Waals surface area contributed by atoms with Crippen molar-refractivity contribution >= 4 is 11.9 Å². The van der Waals surface area contributed by atoms with Crippen molar-refractivity contribution in [3.05, 3.63) is 71.1 Å². The van der Waals surface area contributed by atoms with Gasteiger partial charge in [0, 0.05) is 11.9 Å². The second kappa shape index (κ2) is 12.0. The monoisotopic (exact) mass is 422 g/mol. The van der Waals surface area contributed by atoms with Crippen LogP contribution in [0.4, 0.5) is 0 Å². The van der Waals surface area contributed by atoms with Crippen molar-refractivity contribution in [3.8, 4) is 11.5 Å². The van der Waals surface area contributed by atoms with Crippen LogP contribution in [0.25, 0.3) is 11.5 Å². The number of carbonyl (C=O) groups excluding carboxylic acids is 2. The number of carboxylic acid groups (broad SMARTS) is 2. The van der Waals surface area contributed by atoms with Gasteiger partial charge < -0.3 is 41.5 Å². The molecule has 0 saturated carbocycles. The Morgan fingerprint density at radius 1 is 0.741 bits per heavy atom. The standard InChI is InChI=1S/2C9H10NO3.Zn/c2*10-8(9(12)13)5-6-1-3-7(11)4-2-6;/h2*1-4,8,10-11H,5H2,(H,12,13);/q2*-1;+2/p-2. The number of benzene rings is 2. The zero-order chi connectivity index (χ0) is 19.7. The first kappa shape index (κ1) is 24.5. The quantitative estimate of drug-likeness (QED) is 0.629. The van der Waals surface area contributed by atoms with Crippen LogP contribution < -0.4 is 10.2 Å². The molecular formula is C18H18N2O6Zn-2. The molecule has 0 amide bonds. The number of carboxylic acids is 2. The van der Waals surface area contributed by atoms with Gasteiger partial charge in [0.15, 0.2) is 0 Å². The summed E-state index contributed by atoms with van der Waals surface area (Å²) in [6.45, 7) is 0. The average molecular weight is 424 g/mol. The predicted octanol–water partition coefficient (Wildman–Crippen LogP) is 0.208. The smallest absolute Gasteiger partial charge is 0.670 e. The Labute approximate surface area is 169 Å². The summed E-state index contributed by atoms with van der Waals surface area (Å²) in [5, 5.41) is 38.3. The number of carbonyl (C=O) groups is 2. The molecule has 0 spiro atoms. The van der Waals surface area contributed by atoms with Crippen molar-refractivity contribution < 1.29 is 49.5 Å². The molecule has 2 aromatic carbocycles. The third-order valence-corrected chi connectivity index (χ3v) is 3.32. The number of hydrogen-bond donors (Lipinski definition) is 2. The van der Waals surface area contributed by atoms with E-state index in [1.807, 2.05) is 0 Å². The molecule has 2 rings (SSSR count). The summed E-state index contributed by atoms with van der Waals surface area (Å²) in [5.74, 6) is -2.52. The van der Waals surface area contributed by atoms with Gasteiger partial charge in [0.05, 0.1) is 0 Å². The molecule has 0 heterocycles. The van der Waals surface area contributed by atoms with Crippen molar-refractivity contribution in [2.45, 2.75) is 24.9 Å². The van der Waals surface area contributed by atoms with Crippen molar-refractivity contribution in [1.82, 2.24) is 0 Å². The molecule has 0 bridgehead atoms. The molecule has 2 aromatic rings. The van der Waals surface area contributed by atoms with Gasteiger partial charge in [-0.25, -0.2) is 0 Å². The minimum atomic E-state index is -1.38. The molecule has 140 valence electrons. The van der Waals surface area contributed by atoms with E-state index >= 15 is 0 Å². The molecule has 0 saturated heterocycles. The fraction of sp³-hybridized carbons (Fsp3) is 0.222. The Kier molecular flexibility index (Phi) is 10.9. The zero-order valence-corrected chi connectivity index (χ0v) is 17.4. The molecule has 27 heavy (non-hydrogen) atoms. The molecule has 0 fully saturated rings. The van der Waals surface area contributed by atoms with E-state index in [9.17, 15) is 19.8 Å². The van der Waals surface area contributed by atoms with E-state index in [1.54, 1.807) is 24.3 Å². The number of phenols is 2. The summed E-state index contributed by atoms with van der Waals surface area (Å²) in [5.41, 5.74) is 15.6. The summed E-state index contributed by atoms with van der Waals surface area (Å²) in [6.07, 6.45) is 0.200. The Bertz CT molecular complexity index is 658. The van der Waals surface area contributed by atoms with Gasteiger partial charge >= 0.3 is 19.5 Å². The summed E-state index contributed by atoms with van der Waals surface area (Å²) < 4.78 is 0. The second-order valence-corrected chi connectivity index (χ2v) is 5.48. The van der Waals surface area contributed by atoms with Crippen LogP contribution in [0.1, 0.15) is 11.1 Å². The third kappa shape index (κ3) is 9.70. The molecule has 0 aliphatic carbocycles. The molecule has 2 unspecified atom stereocenters. The Hall–Kier alpha value is -2.48. The van der Waals surface area contributed by atoms with E-state index in [1.165, 1.54) is 24.3 Å². The van der Waals surface area contributed by atoms with Crippen LogP contribution >= 0.6 is 0 Å². The summed E-state index contributed by atoms with van der Waals surface area (Å²) in [7, 11) is 0. The minimum absolute atomic E-state index is 0. The molecule has 4 N–H and O–H groups in total. The van der Waals surface area contributed by atoms with E-state index in [4.69, 9.17) is 21.7 Å². The van der Waals surface area contributed by atoms with E-state index in [2.05, 4.69) is 0 Å². The van der Waals surface area contributed by atoms with Crippen LogP contribution in [0, 0.1) is 0 Å². The largest absolute Gasteiger partial charge is 2.00 e. The van der Waals surface area contributed by atoms with Crippen molar-refractivity contribution in [3.63, 3.8) is 0 Å². The number of hydrogen-bond acceptors (Lipinski definition) is 6. The van der Waals surface area contributed by atoms with Crippen LogP contribution in [0.5, 0.6) is 11.5 Å². The summed E-state index contributed by atoms with van der Waals surface area (Å²) >= 11 is 0. The summed E-state index contributed by atoms with van der Waals surface area (Å²) in [4.78, 5) is 20.4. The van der Waals surface area contributed by atoms with Gasteiger partial charge in [0.2, 0.25) is 0 Å². The molecular weight excluding hydrogens is 406 g/mol. The third-order valence-electron chi connectivity index (χ3n) is 3.32. The first-order valence-electron chi connectivity index (χ1n) is 7.58. The number of phenolic OH excluding ortho intramolecular Hbond substituents is 2. The molecule has 2 atom stereocenters. The molecule has 0 aliphatic heterocycles. The fourth-order valence-corrected chi connectivity index (χ4v) is 1.90. The maximum Gasteiger partial charge on any atom is 2.00 e. The topological polar surface area (TPSA) is 168 Å². The van der Waals surface area contributed by atoms with Crippen LogP contribution in [0.15, 0.2) is 48.5 Å². The number of nitrogens with one attached hydrogen (secondary N) is 2. The Balaban J connectivity index is 0.000000483. The SMILES string of the molecule is [NH-]C(Cc1ccc(O)cc1)C(=O)[O-].[NH-]C(Cc1ccc(O)cc1)C(=O)[O-].[Zn+2]. The first-order valence-corrected chi connectivity index (χ1v) is 7.58. The number of aliphatic carboxylic acids is 2. The predicted molar refractivity (Wildman–Crippen MR) is 89.9 cm³/mol. The van der Waals surface area contributed by atoms with Gasteiger partial charge in [-0.2, -0.15) is 0 Å². The molecule has 0 aromatic heterocycles. The van der Waals surface area contributed by atoms with Crippen molar-refractivity contribution in [1.29, 1.82) is 0 Å². The van der Waals surface area contributed by atoms with Crippen molar-refractivity contribution in [2.75, 3.05) is 0 Å². The van der Waals surface area contributed by atoms with Crippen LogP contribution in [0.2, 0.25) is 0 Å². The number of aromatic hydroxyl groups is 2. The fourth-order valence-electron chi connectivity index (χ4n) is 1.90. The van der Waals surface area contributed by atoms with E-state index in [0.717, 1.165) is 0 Å². The van der Waals surface area contributed by atoms with Gasteiger partial charge in [0.1, 0.15) is 11.5 Å². The van der Waals surface area contributed by atoms with Crippen LogP contribution in [-0.2, 0) is 41.9 Å². The Morgan fingerprint density at radius 2 is 1.00 bits per heavy atom. The van der Waals surface area contributed by atoms with Gasteiger partial charge in [-0.1, -0.05) is 36.3 Å². The zero-order valence-electron chi connectivity index (χ0n) is 14.4. The maximum atomic E-state index is 10.2. The maximum absolute atomic E-state index is 10.2. The van der Waals surface area contributed by atoms with Gasteiger partial charge in [-0.05, 0) is 48.2 Å². The van der Waals surface area contributed by atoms with Crippen LogP contribution in [0.3, 0.4) is 0 Å². The van der Waals surface area contributed by atoms with E-state index in [0.29, 0.717) is 11.1 Å². The first-order chi connectivity index (χ1) is 12.2. The van der Waals surface area contributed by atoms with Gasteiger partial charge in [-0.15, -0.1) is 0 Å². The average Bonchev–Trinajstić information content (AvgIpc) is 2.59. The van der Waals surface area contributed by atoms with Gasteiger partial charge in [0.25, 0.3) is 0 Å². The molecule has 9 heteroatoms. The second-order valence-electron chi connectivity index (χ2n) is 5.48. The molecule has 0 aliphatic rings.